The molecule has 1 aliphatic carbocycles. The first-order valence-electron chi connectivity index (χ1n) is 16.2. The third-order valence-corrected chi connectivity index (χ3v) is 9.95. The van der Waals surface area contributed by atoms with E-state index in [1.807, 2.05) is 38.7 Å². The summed E-state index contributed by atoms with van der Waals surface area (Å²) in [6.45, 7) is 12.5. The van der Waals surface area contributed by atoms with Crippen LogP contribution in [0.4, 0.5) is 14.6 Å². The largest absolute Gasteiger partial charge is 0.492 e. The summed E-state index contributed by atoms with van der Waals surface area (Å²) in [5.74, 6) is -1.23. The minimum absolute atomic E-state index is 0.0603. The van der Waals surface area contributed by atoms with Crippen LogP contribution in [0.25, 0.3) is 28.0 Å². The van der Waals surface area contributed by atoms with E-state index in [1.165, 1.54) is 22.8 Å². The van der Waals surface area contributed by atoms with Crippen LogP contribution in [0.3, 0.4) is 0 Å². The second kappa shape index (κ2) is 11.5. The third-order valence-electron chi connectivity index (χ3n) is 9.95. The van der Waals surface area contributed by atoms with Crippen LogP contribution in [0.2, 0.25) is 0 Å². The molecule has 3 aromatic heterocycles. The summed E-state index contributed by atoms with van der Waals surface area (Å²) in [4.78, 5) is 44.7. The number of aryl methyl sites for hydroxylation is 1. The number of fused-ring (bicyclic) bond motifs is 5. The van der Waals surface area contributed by atoms with E-state index in [9.17, 15) is 9.59 Å². The van der Waals surface area contributed by atoms with Gasteiger partial charge in [-0.05, 0) is 81.4 Å². The average molecular weight is 641 g/mol. The summed E-state index contributed by atoms with van der Waals surface area (Å²) in [5.41, 5.74) is 1.27. The number of hydrogen-bond acceptors (Lipinski definition) is 7. The number of aromatic nitrogens is 4. The fraction of sp³-hybridized carbons (Fsp3) is 0.417. The molecule has 2 fully saturated rings. The van der Waals surface area contributed by atoms with Crippen molar-refractivity contribution < 1.29 is 18.3 Å². The van der Waals surface area contributed by atoms with E-state index >= 15 is 8.78 Å². The van der Waals surface area contributed by atoms with Crippen molar-refractivity contribution in [1.29, 1.82) is 0 Å². The summed E-state index contributed by atoms with van der Waals surface area (Å²) >= 11 is 0. The van der Waals surface area contributed by atoms with Gasteiger partial charge in [-0.2, -0.15) is 4.98 Å². The number of carbonyl (C=O) groups is 1. The Balaban J connectivity index is 1.54. The molecule has 4 aromatic rings. The highest BCUT2D eigenvalue weighted by atomic mass is 19.1. The summed E-state index contributed by atoms with van der Waals surface area (Å²) in [7, 11) is 0. The molecular formula is C36H38F2N6O3. The summed E-state index contributed by atoms with van der Waals surface area (Å²) in [6, 6.07) is 7.14. The van der Waals surface area contributed by atoms with Gasteiger partial charge in [-0.15, -0.1) is 0 Å². The molecule has 244 valence electrons. The van der Waals surface area contributed by atoms with Gasteiger partial charge in [0.15, 0.2) is 11.5 Å². The molecule has 1 spiro atoms. The zero-order chi connectivity index (χ0) is 33.2. The first-order valence-corrected chi connectivity index (χ1v) is 16.2. The zero-order valence-corrected chi connectivity index (χ0v) is 27.1. The Hall–Kier alpha value is -4.67. The van der Waals surface area contributed by atoms with Crippen molar-refractivity contribution in [3.63, 3.8) is 0 Å². The summed E-state index contributed by atoms with van der Waals surface area (Å²) < 4.78 is 39.8. The van der Waals surface area contributed by atoms with Gasteiger partial charge in [-0.25, -0.2) is 23.1 Å². The summed E-state index contributed by atoms with van der Waals surface area (Å²) in [6.07, 6.45) is 6.40. The molecule has 2 aliphatic heterocycles. The van der Waals surface area contributed by atoms with Crippen molar-refractivity contribution in [1.82, 2.24) is 24.4 Å². The fourth-order valence-corrected chi connectivity index (χ4v) is 7.07. The molecule has 47 heavy (non-hydrogen) atoms. The van der Waals surface area contributed by atoms with Crippen LogP contribution >= 0.6 is 0 Å². The molecule has 1 aromatic carbocycles. The van der Waals surface area contributed by atoms with E-state index in [0.29, 0.717) is 42.9 Å². The average Bonchev–Trinajstić information content (AvgIpc) is 3.82. The first-order chi connectivity index (χ1) is 22.5. The van der Waals surface area contributed by atoms with Crippen LogP contribution < -0.4 is 15.3 Å². The predicted molar refractivity (Wildman–Crippen MR) is 176 cm³/mol. The molecule has 9 nitrogen and oxygen atoms in total. The van der Waals surface area contributed by atoms with Gasteiger partial charge in [0.1, 0.15) is 23.1 Å². The van der Waals surface area contributed by atoms with Gasteiger partial charge < -0.3 is 14.5 Å². The number of piperazine rings is 1. The molecule has 2 atom stereocenters. The molecule has 1 saturated carbocycles. The third kappa shape index (κ3) is 5.25. The predicted octanol–water partition coefficient (Wildman–Crippen LogP) is 5.96. The molecule has 0 unspecified atom stereocenters. The molecule has 2 bridgehead atoms. The van der Waals surface area contributed by atoms with Gasteiger partial charge >= 0.3 is 5.69 Å². The molecule has 0 radical (unpaired) electrons. The molecule has 0 N–H and O–H groups in total. The highest BCUT2D eigenvalue weighted by Gasteiger charge is 2.44. The number of carbonyl (C=O) groups excluding carboxylic acids is 1. The van der Waals surface area contributed by atoms with Crippen molar-refractivity contribution in [2.45, 2.75) is 71.4 Å². The van der Waals surface area contributed by atoms with Gasteiger partial charge in [0.2, 0.25) is 5.91 Å². The van der Waals surface area contributed by atoms with E-state index in [1.54, 1.807) is 23.2 Å². The van der Waals surface area contributed by atoms with Gasteiger partial charge in [0, 0.05) is 36.8 Å². The van der Waals surface area contributed by atoms with Gasteiger partial charge in [0.05, 0.1) is 28.9 Å². The van der Waals surface area contributed by atoms with Crippen LogP contribution in [0.1, 0.15) is 64.1 Å². The number of benzene rings is 1. The lowest BCUT2D eigenvalue weighted by Crippen LogP contribution is -2.58. The Morgan fingerprint density at radius 1 is 1.09 bits per heavy atom. The number of anilines is 1. The van der Waals surface area contributed by atoms with Crippen LogP contribution in [-0.4, -0.2) is 62.1 Å². The molecule has 3 aliphatic rings. The lowest BCUT2D eigenvalue weighted by Gasteiger charge is -2.44. The van der Waals surface area contributed by atoms with E-state index in [-0.39, 0.29) is 57.8 Å². The van der Waals surface area contributed by atoms with E-state index < -0.39 is 17.3 Å². The highest BCUT2D eigenvalue weighted by Crippen LogP contribution is 2.51. The Bertz CT molecular complexity index is 1990. The monoisotopic (exact) mass is 640 g/mol. The van der Waals surface area contributed by atoms with Crippen molar-refractivity contribution in [2.75, 3.05) is 24.6 Å². The zero-order valence-electron chi connectivity index (χ0n) is 27.1. The SMILES string of the molecule is C=CC(=O)N1C[C@H](C)N(c2nc(=O)n3c4nc(c(F)cc24)-c2c(F)cccc2OCC2(CCc4ccnc(C(C)C)c4-3)CC2)C[C@H]1C. The lowest BCUT2D eigenvalue weighted by molar-refractivity contribution is -0.128. The Kier molecular flexibility index (Phi) is 7.60. The number of ether oxygens (including phenoxy) is 1. The van der Waals surface area contributed by atoms with Crippen LogP contribution in [0.5, 0.6) is 5.75 Å². The van der Waals surface area contributed by atoms with Crippen molar-refractivity contribution in [3.05, 3.63) is 82.6 Å². The number of hydrogen-bond donors (Lipinski definition) is 0. The molecule has 1 amide bonds. The number of nitrogens with zero attached hydrogens (tertiary/aromatic N) is 6. The smallest absolute Gasteiger partial charge is 0.355 e. The van der Waals surface area contributed by atoms with Crippen LogP contribution in [-0.2, 0) is 11.2 Å². The fourth-order valence-electron chi connectivity index (χ4n) is 7.07. The number of pyridine rings is 2. The minimum Gasteiger partial charge on any atom is -0.492 e. The van der Waals surface area contributed by atoms with Crippen molar-refractivity contribution in [2.24, 2.45) is 5.41 Å². The first kappa shape index (κ1) is 31.0. The van der Waals surface area contributed by atoms with Crippen molar-refractivity contribution >= 4 is 22.8 Å². The van der Waals surface area contributed by atoms with Gasteiger partial charge in [-0.1, -0.05) is 26.5 Å². The Morgan fingerprint density at radius 3 is 2.60 bits per heavy atom. The van der Waals surface area contributed by atoms with Gasteiger partial charge in [0.25, 0.3) is 0 Å². The lowest BCUT2D eigenvalue weighted by atomic mass is 9.95. The number of amides is 1. The molecule has 1 saturated heterocycles. The Morgan fingerprint density at radius 2 is 1.87 bits per heavy atom. The number of rotatable bonds is 3. The standard InChI is InChI=1S/C36H38F2N6O3/c1-6-28(45)42-17-22(5)43(18-21(42)4)33-24-16-26(38)31-29-25(37)8-7-9-27(29)47-19-36(13-14-36)12-10-23-11-15-39-30(20(2)3)32(23)44(34(24)40-31)35(46)41-33/h6-9,11,15-16,20-22H,1,10,12-14,17-19H2,2-5H3/t21-,22+/m1/s1. The molecule has 11 heteroatoms. The van der Waals surface area contributed by atoms with Crippen LogP contribution in [0, 0.1) is 17.0 Å². The topological polar surface area (TPSA) is 93.5 Å². The molecule has 5 heterocycles. The number of halogens is 2. The summed E-state index contributed by atoms with van der Waals surface area (Å²) in [5, 5.41) is 0.297. The quantitative estimate of drug-likeness (QED) is 0.255. The van der Waals surface area contributed by atoms with E-state index in [4.69, 9.17) is 14.7 Å². The maximum absolute atomic E-state index is 16.4. The van der Waals surface area contributed by atoms with E-state index in [2.05, 4.69) is 11.6 Å². The Labute approximate surface area is 271 Å². The second-order valence-corrected chi connectivity index (χ2v) is 13.5. The maximum Gasteiger partial charge on any atom is 0.355 e. The normalized spacial score (nSPS) is 20.2. The minimum atomic E-state index is -0.770. The van der Waals surface area contributed by atoms with Crippen LogP contribution in [0.15, 0.2) is 54.0 Å². The van der Waals surface area contributed by atoms with Gasteiger partial charge in [-0.3, -0.25) is 9.78 Å². The molecule has 7 rings (SSSR count). The van der Waals surface area contributed by atoms with Crippen molar-refractivity contribution in [3.8, 4) is 22.7 Å². The van der Waals surface area contributed by atoms with E-state index in [0.717, 1.165) is 24.8 Å². The maximum atomic E-state index is 16.4. The highest BCUT2D eigenvalue weighted by molar-refractivity contribution is 5.92. The molecular weight excluding hydrogens is 602 g/mol. The second-order valence-electron chi connectivity index (χ2n) is 13.5.